The van der Waals surface area contributed by atoms with Gasteiger partial charge in [0.05, 0.1) is 12.5 Å². The number of carbonyl (C=O) groups is 1. The first kappa shape index (κ1) is 10.4. The van der Waals surface area contributed by atoms with E-state index in [1.54, 1.807) is 6.92 Å². The fraction of sp³-hybridized carbons (Fsp3) is 0.889. The summed E-state index contributed by atoms with van der Waals surface area (Å²) in [5, 5.41) is 0. The van der Waals surface area contributed by atoms with E-state index >= 15 is 0 Å². The van der Waals surface area contributed by atoms with Crippen molar-refractivity contribution in [2.45, 2.75) is 38.5 Å². The minimum atomic E-state index is -2.67. The molecule has 0 aromatic rings. The van der Waals surface area contributed by atoms with Crippen molar-refractivity contribution in [3.8, 4) is 0 Å². The van der Waals surface area contributed by atoms with Gasteiger partial charge in [0.15, 0.2) is 0 Å². The Morgan fingerprint density at radius 2 is 2.31 bits per heavy atom. The van der Waals surface area contributed by atoms with Crippen molar-refractivity contribution in [3.05, 3.63) is 0 Å². The molecule has 0 spiro atoms. The molecule has 0 aliphatic heterocycles. The highest BCUT2D eigenvalue weighted by molar-refractivity contribution is 5.72. The second-order valence-corrected chi connectivity index (χ2v) is 3.40. The second kappa shape index (κ2) is 4.03. The van der Waals surface area contributed by atoms with Crippen LogP contribution in [0.25, 0.3) is 0 Å². The van der Waals surface area contributed by atoms with Gasteiger partial charge >= 0.3 is 5.97 Å². The molecule has 0 saturated heterocycles. The molecule has 0 N–H and O–H groups in total. The minimum absolute atomic E-state index is 0.0943. The highest BCUT2D eigenvalue weighted by Gasteiger charge is 2.39. The molecule has 0 unspecified atom stereocenters. The van der Waals surface area contributed by atoms with Gasteiger partial charge in [-0.3, -0.25) is 4.79 Å². The molecule has 1 atom stereocenters. The predicted octanol–water partition coefficient (Wildman–Crippen LogP) is 2.38. The van der Waals surface area contributed by atoms with Gasteiger partial charge in [0.25, 0.3) is 0 Å². The van der Waals surface area contributed by atoms with Gasteiger partial charge in [0.2, 0.25) is 5.92 Å². The van der Waals surface area contributed by atoms with Crippen molar-refractivity contribution in [3.63, 3.8) is 0 Å². The van der Waals surface area contributed by atoms with Crippen LogP contribution in [0.2, 0.25) is 0 Å². The lowest BCUT2D eigenvalue weighted by Gasteiger charge is -2.27. The average Bonchev–Trinajstić information content (AvgIpc) is 2.03. The monoisotopic (exact) mass is 192 g/mol. The Hall–Kier alpha value is -0.670. The zero-order chi connectivity index (χ0) is 9.90. The molecule has 13 heavy (non-hydrogen) atoms. The van der Waals surface area contributed by atoms with Crippen LogP contribution in [0.5, 0.6) is 0 Å². The van der Waals surface area contributed by atoms with Crippen LogP contribution in [0.1, 0.15) is 32.6 Å². The third kappa shape index (κ3) is 2.94. The third-order valence-electron chi connectivity index (χ3n) is 2.26. The molecule has 1 aliphatic rings. The maximum Gasteiger partial charge on any atom is 0.309 e. The quantitative estimate of drug-likeness (QED) is 0.628. The van der Waals surface area contributed by atoms with Gasteiger partial charge in [0, 0.05) is 12.8 Å². The summed E-state index contributed by atoms with van der Waals surface area (Å²) in [7, 11) is 0. The first-order chi connectivity index (χ1) is 6.05. The normalized spacial score (nSPS) is 26.8. The van der Waals surface area contributed by atoms with E-state index in [1.807, 2.05) is 0 Å². The molecular weight excluding hydrogens is 178 g/mol. The van der Waals surface area contributed by atoms with Gasteiger partial charge < -0.3 is 4.74 Å². The Balaban J connectivity index is 2.47. The first-order valence-electron chi connectivity index (χ1n) is 4.59. The van der Waals surface area contributed by atoms with Crippen LogP contribution >= 0.6 is 0 Å². The lowest BCUT2D eigenvalue weighted by atomic mass is 9.87. The summed E-state index contributed by atoms with van der Waals surface area (Å²) in [6.45, 7) is 1.94. The summed E-state index contributed by atoms with van der Waals surface area (Å²) in [6, 6.07) is 0. The number of halogens is 2. The largest absolute Gasteiger partial charge is 0.466 e. The van der Waals surface area contributed by atoms with E-state index < -0.39 is 17.8 Å². The molecule has 0 radical (unpaired) electrons. The lowest BCUT2D eigenvalue weighted by Crippen LogP contribution is -2.31. The van der Waals surface area contributed by atoms with Crippen molar-refractivity contribution in [2.75, 3.05) is 6.61 Å². The van der Waals surface area contributed by atoms with Gasteiger partial charge in [-0.2, -0.15) is 0 Å². The maximum absolute atomic E-state index is 12.8. The second-order valence-electron chi connectivity index (χ2n) is 3.40. The van der Waals surface area contributed by atoms with Crippen molar-refractivity contribution in [1.29, 1.82) is 0 Å². The molecule has 2 nitrogen and oxygen atoms in total. The lowest BCUT2D eigenvalue weighted by molar-refractivity contribution is -0.155. The standard InChI is InChI=1S/C9H14F2O2/c1-2-13-8(12)7-4-3-5-9(10,11)6-7/h7H,2-6H2,1H3/t7-/m1/s1. The summed E-state index contributed by atoms with van der Waals surface area (Å²) in [4.78, 5) is 11.1. The zero-order valence-corrected chi connectivity index (χ0v) is 7.69. The topological polar surface area (TPSA) is 26.3 Å². The van der Waals surface area contributed by atoms with E-state index in [2.05, 4.69) is 0 Å². The van der Waals surface area contributed by atoms with Crippen LogP contribution < -0.4 is 0 Å². The summed E-state index contributed by atoms with van der Waals surface area (Å²) in [6.07, 6.45) is 0.514. The first-order valence-corrected chi connectivity index (χ1v) is 4.59. The van der Waals surface area contributed by atoms with Crippen LogP contribution in [-0.4, -0.2) is 18.5 Å². The van der Waals surface area contributed by atoms with Gasteiger partial charge in [-0.25, -0.2) is 8.78 Å². The van der Waals surface area contributed by atoms with Crippen molar-refractivity contribution >= 4 is 5.97 Å². The number of hydrogen-bond donors (Lipinski definition) is 0. The summed E-state index contributed by atoms with van der Waals surface area (Å²) < 4.78 is 30.4. The number of esters is 1. The Morgan fingerprint density at radius 3 is 2.85 bits per heavy atom. The van der Waals surface area contributed by atoms with E-state index in [1.165, 1.54) is 0 Å². The maximum atomic E-state index is 12.8. The number of ether oxygens (including phenoxy) is 1. The van der Waals surface area contributed by atoms with Gasteiger partial charge in [-0.05, 0) is 19.8 Å². The SMILES string of the molecule is CCOC(=O)[C@@H]1CCCC(F)(F)C1. The Bertz CT molecular complexity index is 192. The van der Waals surface area contributed by atoms with Crippen molar-refractivity contribution < 1.29 is 18.3 Å². The fourth-order valence-electron chi connectivity index (χ4n) is 1.63. The summed E-state index contributed by atoms with van der Waals surface area (Å²) in [5.41, 5.74) is 0. The summed E-state index contributed by atoms with van der Waals surface area (Å²) >= 11 is 0. The van der Waals surface area contributed by atoms with Crippen LogP contribution in [0.3, 0.4) is 0 Å². The highest BCUT2D eigenvalue weighted by atomic mass is 19.3. The van der Waals surface area contributed by atoms with E-state index in [0.717, 1.165) is 0 Å². The van der Waals surface area contributed by atoms with Crippen molar-refractivity contribution in [2.24, 2.45) is 5.92 Å². The molecule has 0 aromatic heterocycles. The predicted molar refractivity (Wildman–Crippen MR) is 43.5 cm³/mol. The molecule has 0 amide bonds. The van der Waals surface area contributed by atoms with E-state index in [9.17, 15) is 13.6 Å². The molecule has 0 heterocycles. The number of hydrogen-bond acceptors (Lipinski definition) is 2. The number of rotatable bonds is 2. The van der Waals surface area contributed by atoms with E-state index in [-0.39, 0.29) is 19.4 Å². The molecule has 1 aliphatic carbocycles. The third-order valence-corrected chi connectivity index (χ3v) is 2.26. The fourth-order valence-corrected chi connectivity index (χ4v) is 1.63. The van der Waals surface area contributed by atoms with Crippen LogP contribution in [0.15, 0.2) is 0 Å². The molecule has 0 bridgehead atoms. The molecule has 1 rings (SSSR count). The number of carbonyl (C=O) groups excluding carboxylic acids is 1. The molecule has 76 valence electrons. The van der Waals surface area contributed by atoms with E-state index in [0.29, 0.717) is 12.8 Å². The van der Waals surface area contributed by atoms with Crippen LogP contribution in [0, 0.1) is 5.92 Å². The van der Waals surface area contributed by atoms with Crippen LogP contribution in [-0.2, 0) is 9.53 Å². The van der Waals surface area contributed by atoms with Crippen molar-refractivity contribution in [1.82, 2.24) is 0 Å². The van der Waals surface area contributed by atoms with Gasteiger partial charge in [-0.1, -0.05) is 0 Å². The minimum Gasteiger partial charge on any atom is -0.466 e. The Kier molecular flexibility index (Phi) is 3.22. The van der Waals surface area contributed by atoms with E-state index in [4.69, 9.17) is 4.74 Å². The average molecular weight is 192 g/mol. The summed E-state index contributed by atoms with van der Waals surface area (Å²) in [5.74, 6) is -3.74. The molecular formula is C9H14F2O2. The molecule has 0 aromatic carbocycles. The number of alkyl halides is 2. The molecule has 1 saturated carbocycles. The van der Waals surface area contributed by atoms with Gasteiger partial charge in [-0.15, -0.1) is 0 Å². The Morgan fingerprint density at radius 1 is 1.62 bits per heavy atom. The molecule has 4 heteroatoms. The highest BCUT2D eigenvalue weighted by Crippen LogP contribution is 2.36. The Labute approximate surface area is 76.3 Å². The zero-order valence-electron chi connectivity index (χ0n) is 7.69. The van der Waals surface area contributed by atoms with Crippen LogP contribution in [0.4, 0.5) is 8.78 Å². The molecule has 1 fully saturated rings. The van der Waals surface area contributed by atoms with Gasteiger partial charge in [0.1, 0.15) is 0 Å². The smallest absolute Gasteiger partial charge is 0.309 e.